The van der Waals surface area contributed by atoms with Crippen LogP contribution in [0.1, 0.15) is 31.2 Å². The van der Waals surface area contributed by atoms with Crippen molar-refractivity contribution in [3.8, 4) is 0 Å². The van der Waals surface area contributed by atoms with Crippen LogP contribution < -0.4 is 11.1 Å². The van der Waals surface area contributed by atoms with Crippen LogP contribution in [0.4, 0.5) is 0 Å². The topological polar surface area (TPSA) is 92.5 Å². The zero-order valence-corrected chi connectivity index (χ0v) is 14.7. The summed E-state index contributed by atoms with van der Waals surface area (Å²) in [6, 6.07) is 6.70. The molecule has 1 saturated heterocycles. The number of carbonyl (C=O) groups excluding carboxylic acids is 1. The Hall–Kier alpha value is -1.15. The number of carbonyl (C=O) groups is 1. The molecule has 1 aliphatic rings. The van der Waals surface area contributed by atoms with Crippen LogP contribution in [0.3, 0.4) is 0 Å². The third kappa shape index (κ3) is 5.46. The quantitative estimate of drug-likeness (QED) is 0.764. The highest BCUT2D eigenvalue weighted by Crippen LogP contribution is 2.21. The summed E-state index contributed by atoms with van der Waals surface area (Å²) in [6.45, 7) is 2.09. The molecule has 8 heteroatoms. The minimum atomic E-state index is -3.37. The molecule has 0 spiro atoms. The fourth-order valence-corrected chi connectivity index (χ4v) is 3.93. The van der Waals surface area contributed by atoms with Gasteiger partial charge >= 0.3 is 0 Å². The first-order chi connectivity index (χ1) is 10.5. The second-order valence-corrected chi connectivity index (χ2v) is 7.36. The molecule has 1 heterocycles. The Morgan fingerprint density at radius 3 is 2.35 bits per heavy atom. The first kappa shape index (κ1) is 19.9. The molecule has 0 unspecified atom stereocenters. The van der Waals surface area contributed by atoms with Crippen LogP contribution in [0.25, 0.3) is 0 Å². The van der Waals surface area contributed by atoms with Gasteiger partial charge in [-0.3, -0.25) is 4.79 Å². The zero-order valence-electron chi connectivity index (χ0n) is 13.0. The molecule has 0 saturated carbocycles. The number of sulfonamides is 1. The number of rotatable bonds is 7. The lowest BCUT2D eigenvalue weighted by atomic mass is 10.2. The molecule has 3 N–H and O–H groups in total. The SMILES string of the molecule is Cl.NCCCC(=O)NCc1ccc(S(=O)(=O)N2CCCC2)cc1. The highest BCUT2D eigenvalue weighted by atomic mass is 35.5. The molecule has 1 aromatic carbocycles. The monoisotopic (exact) mass is 361 g/mol. The summed E-state index contributed by atoms with van der Waals surface area (Å²) in [5, 5.41) is 2.79. The van der Waals surface area contributed by atoms with Crippen molar-refractivity contribution in [2.75, 3.05) is 19.6 Å². The molecule has 1 amide bonds. The summed E-state index contributed by atoms with van der Waals surface area (Å²) >= 11 is 0. The van der Waals surface area contributed by atoms with Gasteiger partial charge in [0.2, 0.25) is 15.9 Å². The van der Waals surface area contributed by atoms with Crippen molar-refractivity contribution in [1.29, 1.82) is 0 Å². The van der Waals surface area contributed by atoms with E-state index in [0.717, 1.165) is 18.4 Å². The highest BCUT2D eigenvalue weighted by Gasteiger charge is 2.26. The number of hydrogen-bond acceptors (Lipinski definition) is 4. The summed E-state index contributed by atoms with van der Waals surface area (Å²) in [5.74, 6) is -0.0424. The summed E-state index contributed by atoms with van der Waals surface area (Å²) in [4.78, 5) is 11.8. The van der Waals surface area contributed by atoms with E-state index < -0.39 is 10.0 Å². The number of benzene rings is 1. The fraction of sp³-hybridized carbons (Fsp3) is 0.533. The van der Waals surface area contributed by atoms with Crippen LogP contribution in [-0.2, 0) is 21.4 Å². The molecular weight excluding hydrogens is 338 g/mol. The smallest absolute Gasteiger partial charge is 0.243 e. The zero-order chi connectivity index (χ0) is 16.0. The van der Waals surface area contributed by atoms with Crippen LogP contribution in [0.2, 0.25) is 0 Å². The molecule has 0 aliphatic carbocycles. The van der Waals surface area contributed by atoms with Gasteiger partial charge in [0.25, 0.3) is 0 Å². The largest absolute Gasteiger partial charge is 0.352 e. The normalized spacial score (nSPS) is 15.2. The predicted molar refractivity (Wildman–Crippen MR) is 91.8 cm³/mol. The third-order valence-corrected chi connectivity index (χ3v) is 5.64. The van der Waals surface area contributed by atoms with E-state index in [-0.39, 0.29) is 18.3 Å². The lowest BCUT2D eigenvalue weighted by Gasteiger charge is -2.15. The lowest BCUT2D eigenvalue weighted by molar-refractivity contribution is -0.121. The summed E-state index contributed by atoms with van der Waals surface area (Å²) in [5.41, 5.74) is 6.23. The van der Waals surface area contributed by atoms with Crippen molar-refractivity contribution in [2.45, 2.75) is 37.1 Å². The van der Waals surface area contributed by atoms with E-state index in [2.05, 4.69) is 5.32 Å². The number of nitrogens with zero attached hydrogens (tertiary/aromatic N) is 1. The van der Waals surface area contributed by atoms with Gasteiger partial charge in [-0.1, -0.05) is 12.1 Å². The van der Waals surface area contributed by atoms with Crippen LogP contribution in [0, 0.1) is 0 Å². The van der Waals surface area contributed by atoms with Gasteiger partial charge in [-0.25, -0.2) is 8.42 Å². The molecular formula is C15H24ClN3O3S. The number of hydrogen-bond donors (Lipinski definition) is 2. The molecule has 0 atom stereocenters. The van der Waals surface area contributed by atoms with Crippen LogP contribution >= 0.6 is 12.4 Å². The molecule has 0 aromatic heterocycles. The molecule has 23 heavy (non-hydrogen) atoms. The lowest BCUT2D eigenvalue weighted by Crippen LogP contribution is -2.28. The maximum Gasteiger partial charge on any atom is 0.243 e. The first-order valence-corrected chi connectivity index (χ1v) is 9.04. The van der Waals surface area contributed by atoms with E-state index in [0.29, 0.717) is 43.9 Å². The minimum Gasteiger partial charge on any atom is -0.352 e. The van der Waals surface area contributed by atoms with Crippen molar-refractivity contribution in [2.24, 2.45) is 5.73 Å². The number of amides is 1. The molecule has 6 nitrogen and oxygen atoms in total. The van der Waals surface area contributed by atoms with Gasteiger partial charge in [-0.15, -0.1) is 12.4 Å². The number of halogens is 1. The van der Waals surface area contributed by atoms with Gasteiger partial charge in [-0.05, 0) is 43.5 Å². The van der Waals surface area contributed by atoms with Crippen molar-refractivity contribution in [1.82, 2.24) is 9.62 Å². The fourth-order valence-electron chi connectivity index (χ4n) is 2.41. The van der Waals surface area contributed by atoms with Crippen molar-refractivity contribution in [3.63, 3.8) is 0 Å². The molecule has 130 valence electrons. The van der Waals surface area contributed by atoms with Crippen molar-refractivity contribution < 1.29 is 13.2 Å². The first-order valence-electron chi connectivity index (χ1n) is 7.60. The van der Waals surface area contributed by atoms with Gasteiger partial charge in [0.1, 0.15) is 0 Å². The van der Waals surface area contributed by atoms with Gasteiger partial charge < -0.3 is 11.1 Å². The van der Waals surface area contributed by atoms with E-state index in [1.807, 2.05) is 0 Å². The Morgan fingerprint density at radius 2 is 1.78 bits per heavy atom. The van der Waals surface area contributed by atoms with Gasteiger partial charge in [0.15, 0.2) is 0 Å². The average Bonchev–Trinajstić information content (AvgIpc) is 3.06. The summed E-state index contributed by atoms with van der Waals surface area (Å²) in [7, 11) is -3.37. The Morgan fingerprint density at radius 1 is 1.17 bits per heavy atom. The molecule has 2 rings (SSSR count). The maximum absolute atomic E-state index is 12.4. The van der Waals surface area contributed by atoms with E-state index in [9.17, 15) is 13.2 Å². The third-order valence-electron chi connectivity index (χ3n) is 3.72. The van der Waals surface area contributed by atoms with E-state index in [4.69, 9.17) is 5.73 Å². The molecule has 1 aliphatic heterocycles. The van der Waals surface area contributed by atoms with Crippen LogP contribution in [0.15, 0.2) is 29.2 Å². The second-order valence-electron chi connectivity index (χ2n) is 5.42. The van der Waals surface area contributed by atoms with E-state index in [1.165, 1.54) is 4.31 Å². The highest BCUT2D eigenvalue weighted by molar-refractivity contribution is 7.89. The van der Waals surface area contributed by atoms with Crippen molar-refractivity contribution >= 4 is 28.3 Å². The minimum absolute atomic E-state index is 0. The van der Waals surface area contributed by atoms with E-state index in [1.54, 1.807) is 24.3 Å². The van der Waals surface area contributed by atoms with Crippen LogP contribution in [-0.4, -0.2) is 38.3 Å². The molecule has 1 aromatic rings. The van der Waals surface area contributed by atoms with Gasteiger partial charge in [0.05, 0.1) is 4.90 Å². The maximum atomic E-state index is 12.4. The average molecular weight is 362 g/mol. The van der Waals surface area contributed by atoms with Gasteiger partial charge in [0, 0.05) is 26.1 Å². The molecule has 0 radical (unpaired) electrons. The van der Waals surface area contributed by atoms with Gasteiger partial charge in [-0.2, -0.15) is 4.31 Å². The van der Waals surface area contributed by atoms with Crippen LogP contribution in [0.5, 0.6) is 0 Å². The molecule has 0 bridgehead atoms. The van der Waals surface area contributed by atoms with E-state index >= 15 is 0 Å². The Balaban J connectivity index is 0.00000264. The Kier molecular flexibility index (Phi) is 7.98. The van der Waals surface area contributed by atoms with Crippen molar-refractivity contribution in [3.05, 3.63) is 29.8 Å². The standard InChI is InChI=1S/C15H23N3O3S.ClH/c16-9-3-4-15(19)17-12-13-5-7-14(8-6-13)22(20,21)18-10-1-2-11-18;/h5-8H,1-4,9-12,16H2,(H,17,19);1H. The second kappa shape index (κ2) is 9.22. The Bertz CT molecular complexity index is 599. The summed E-state index contributed by atoms with van der Waals surface area (Å²) in [6.07, 6.45) is 2.93. The summed E-state index contributed by atoms with van der Waals surface area (Å²) < 4.78 is 26.3. The number of nitrogens with two attached hydrogens (primary N) is 1. The Labute approximate surface area is 143 Å². The predicted octanol–water partition coefficient (Wildman–Crippen LogP) is 1.25. The molecule has 1 fully saturated rings. The number of nitrogens with one attached hydrogen (secondary N) is 1.